The van der Waals surface area contributed by atoms with E-state index in [9.17, 15) is 0 Å². The molecule has 106 valence electrons. The molecule has 0 saturated heterocycles. The summed E-state index contributed by atoms with van der Waals surface area (Å²) in [6.45, 7) is 2.60. The van der Waals surface area contributed by atoms with Gasteiger partial charge in [0, 0.05) is 0 Å². The van der Waals surface area contributed by atoms with E-state index in [-0.39, 0.29) is 0 Å². The monoisotopic (exact) mass is 293 g/mol. The van der Waals surface area contributed by atoms with Crippen molar-refractivity contribution in [2.75, 3.05) is 12.3 Å². The van der Waals surface area contributed by atoms with Crippen molar-refractivity contribution in [1.82, 2.24) is 30.2 Å². The summed E-state index contributed by atoms with van der Waals surface area (Å²) in [6.07, 6.45) is 4.56. The minimum absolute atomic E-state index is 0.409. The van der Waals surface area contributed by atoms with Crippen LogP contribution in [0.1, 0.15) is 32.2 Å². The van der Waals surface area contributed by atoms with E-state index in [1.54, 1.807) is 0 Å². The fraction of sp³-hybridized carbons (Fsp3) is 0.545. The number of nitrogens with zero attached hydrogens (tertiary/aromatic N) is 6. The maximum Gasteiger partial charge on any atom is 0.241 e. The lowest BCUT2D eigenvalue weighted by atomic mass is 10.5. The van der Waals surface area contributed by atoms with Crippen molar-refractivity contribution in [1.29, 1.82) is 0 Å². The quantitative estimate of drug-likeness (QED) is 0.795. The lowest BCUT2D eigenvalue weighted by Crippen LogP contribution is -2.04. The van der Waals surface area contributed by atoms with Gasteiger partial charge in [-0.15, -0.1) is 5.10 Å². The van der Waals surface area contributed by atoms with Crippen LogP contribution in [0.3, 0.4) is 0 Å². The Morgan fingerprint density at radius 2 is 2.30 bits per heavy atom. The minimum Gasteiger partial charge on any atom is -0.476 e. The topological polar surface area (TPSA) is 105 Å². The number of rotatable bonds is 6. The maximum absolute atomic E-state index is 6.03. The SMILES string of the molecule is CCCOc1ncnc(Sc2nnnn2C2CC2)c1N. The Bertz CT molecular complexity index is 598. The maximum atomic E-state index is 6.03. The van der Waals surface area contributed by atoms with E-state index in [2.05, 4.69) is 25.5 Å². The predicted octanol–water partition coefficient (Wildman–Crippen LogP) is 1.32. The van der Waals surface area contributed by atoms with E-state index in [0.717, 1.165) is 19.3 Å². The highest BCUT2D eigenvalue weighted by atomic mass is 32.2. The molecule has 0 aliphatic heterocycles. The molecule has 2 aromatic heterocycles. The Kier molecular flexibility index (Phi) is 3.68. The molecule has 8 nitrogen and oxygen atoms in total. The molecular weight excluding hydrogens is 278 g/mol. The first-order valence-electron chi connectivity index (χ1n) is 6.48. The Morgan fingerprint density at radius 3 is 3.05 bits per heavy atom. The van der Waals surface area contributed by atoms with Crippen LogP contribution in [0.15, 0.2) is 16.5 Å². The number of tetrazole rings is 1. The lowest BCUT2D eigenvalue weighted by Gasteiger charge is -2.09. The molecule has 2 N–H and O–H groups in total. The summed E-state index contributed by atoms with van der Waals surface area (Å²) in [7, 11) is 0. The van der Waals surface area contributed by atoms with Crippen molar-refractivity contribution >= 4 is 17.4 Å². The minimum atomic E-state index is 0.409. The fourth-order valence-corrected chi connectivity index (χ4v) is 2.47. The molecule has 0 bridgehead atoms. The molecule has 0 unspecified atom stereocenters. The van der Waals surface area contributed by atoms with Crippen molar-refractivity contribution in [3.8, 4) is 5.88 Å². The molecule has 0 atom stereocenters. The van der Waals surface area contributed by atoms with Gasteiger partial charge in [0.1, 0.15) is 17.0 Å². The Hall–Kier alpha value is -1.90. The molecule has 2 aromatic rings. The van der Waals surface area contributed by atoms with Crippen LogP contribution >= 0.6 is 11.8 Å². The van der Waals surface area contributed by atoms with Crippen LogP contribution < -0.4 is 10.5 Å². The summed E-state index contributed by atoms with van der Waals surface area (Å²) in [4.78, 5) is 8.23. The Balaban J connectivity index is 1.81. The highest BCUT2D eigenvalue weighted by molar-refractivity contribution is 7.99. The number of hydrogen-bond acceptors (Lipinski definition) is 8. The van der Waals surface area contributed by atoms with Crippen LogP contribution in [-0.4, -0.2) is 36.8 Å². The summed E-state index contributed by atoms with van der Waals surface area (Å²) in [5.41, 5.74) is 6.46. The normalized spacial score (nSPS) is 14.4. The van der Waals surface area contributed by atoms with Crippen LogP contribution in [-0.2, 0) is 0 Å². The third-order valence-electron chi connectivity index (χ3n) is 2.80. The summed E-state index contributed by atoms with van der Waals surface area (Å²) >= 11 is 1.33. The largest absolute Gasteiger partial charge is 0.476 e. The number of aromatic nitrogens is 6. The number of anilines is 1. The van der Waals surface area contributed by atoms with Crippen molar-refractivity contribution in [3.63, 3.8) is 0 Å². The molecule has 0 spiro atoms. The molecule has 2 heterocycles. The molecule has 1 fully saturated rings. The molecule has 20 heavy (non-hydrogen) atoms. The van der Waals surface area contributed by atoms with Crippen LogP contribution in [0.2, 0.25) is 0 Å². The number of nitrogens with two attached hydrogens (primary N) is 1. The van der Waals surface area contributed by atoms with Gasteiger partial charge in [-0.1, -0.05) is 6.92 Å². The summed E-state index contributed by atoms with van der Waals surface area (Å²) < 4.78 is 7.31. The average molecular weight is 293 g/mol. The van der Waals surface area contributed by atoms with Gasteiger partial charge < -0.3 is 10.5 Å². The van der Waals surface area contributed by atoms with E-state index in [1.807, 2.05) is 11.6 Å². The van der Waals surface area contributed by atoms with Gasteiger partial charge in [0.15, 0.2) is 0 Å². The Labute approximate surface area is 120 Å². The second-order valence-electron chi connectivity index (χ2n) is 4.49. The number of hydrogen-bond donors (Lipinski definition) is 1. The fourth-order valence-electron chi connectivity index (χ4n) is 1.65. The van der Waals surface area contributed by atoms with Crippen LogP contribution in [0, 0.1) is 0 Å². The van der Waals surface area contributed by atoms with Crippen molar-refractivity contribution in [2.24, 2.45) is 0 Å². The second-order valence-corrected chi connectivity index (χ2v) is 5.44. The zero-order valence-corrected chi connectivity index (χ0v) is 11.9. The summed E-state index contributed by atoms with van der Waals surface area (Å²) in [5, 5.41) is 13.0. The van der Waals surface area contributed by atoms with E-state index < -0.39 is 0 Å². The third kappa shape index (κ3) is 2.67. The first-order chi connectivity index (χ1) is 9.79. The predicted molar refractivity (Wildman–Crippen MR) is 72.4 cm³/mol. The number of ether oxygens (including phenoxy) is 1. The van der Waals surface area contributed by atoms with Gasteiger partial charge in [0.25, 0.3) is 0 Å². The van der Waals surface area contributed by atoms with Gasteiger partial charge >= 0.3 is 0 Å². The molecule has 0 aromatic carbocycles. The third-order valence-corrected chi connectivity index (χ3v) is 3.77. The van der Waals surface area contributed by atoms with Crippen molar-refractivity contribution in [2.45, 2.75) is 42.4 Å². The molecule has 9 heteroatoms. The molecule has 3 rings (SSSR count). The molecule has 1 aliphatic carbocycles. The summed E-state index contributed by atoms with van der Waals surface area (Å²) in [5.74, 6) is 0.412. The molecular formula is C11H15N7OS. The highest BCUT2D eigenvalue weighted by Crippen LogP contribution is 2.39. The smallest absolute Gasteiger partial charge is 0.241 e. The van der Waals surface area contributed by atoms with Gasteiger partial charge in [0.2, 0.25) is 11.0 Å². The molecule has 1 aliphatic rings. The van der Waals surface area contributed by atoms with Gasteiger partial charge in [-0.05, 0) is 41.5 Å². The molecule has 0 radical (unpaired) electrons. The van der Waals surface area contributed by atoms with Gasteiger partial charge in [0.05, 0.1) is 12.6 Å². The van der Waals surface area contributed by atoms with Crippen LogP contribution in [0.25, 0.3) is 0 Å². The first-order valence-corrected chi connectivity index (χ1v) is 7.30. The van der Waals surface area contributed by atoms with Gasteiger partial charge in [-0.25, -0.2) is 9.67 Å². The molecule has 0 amide bonds. The first kappa shape index (κ1) is 13.1. The Morgan fingerprint density at radius 1 is 1.45 bits per heavy atom. The zero-order chi connectivity index (χ0) is 13.9. The standard InChI is InChI=1S/C11H15N7OS/c1-2-5-19-9-8(12)10(14-6-13-9)20-11-15-16-17-18(11)7-3-4-7/h6-7H,2-5,12H2,1H3. The van der Waals surface area contributed by atoms with Crippen LogP contribution in [0.4, 0.5) is 5.69 Å². The van der Waals surface area contributed by atoms with Crippen molar-refractivity contribution < 1.29 is 4.74 Å². The van der Waals surface area contributed by atoms with E-state index in [0.29, 0.717) is 34.4 Å². The lowest BCUT2D eigenvalue weighted by molar-refractivity contribution is 0.305. The van der Waals surface area contributed by atoms with Crippen molar-refractivity contribution in [3.05, 3.63) is 6.33 Å². The van der Waals surface area contributed by atoms with E-state index in [4.69, 9.17) is 10.5 Å². The van der Waals surface area contributed by atoms with Crippen LogP contribution in [0.5, 0.6) is 5.88 Å². The van der Waals surface area contributed by atoms with E-state index >= 15 is 0 Å². The van der Waals surface area contributed by atoms with Gasteiger partial charge in [-0.3, -0.25) is 0 Å². The van der Waals surface area contributed by atoms with Gasteiger partial charge in [-0.2, -0.15) is 4.98 Å². The van der Waals surface area contributed by atoms with E-state index in [1.165, 1.54) is 18.1 Å². The summed E-state index contributed by atoms with van der Waals surface area (Å²) in [6, 6.07) is 0.409. The highest BCUT2D eigenvalue weighted by Gasteiger charge is 2.28. The molecule has 1 saturated carbocycles. The number of nitrogen functional groups attached to an aromatic ring is 1. The average Bonchev–Trinajstić information content (AvgIpc) is 3.20. The second kappa shape index (κ2) is 5.61. The zero-order valence-electron chi connectivity index (χ0n) is 11.1.